The molecule has 2 aliphatic heterocycles. The summed E-state index contributed by atoms with van der Waals surface area (Å²) in [5, 5.41) is 0. The van der Waals surface area contributed by atoms with Crippen molar-refractivity contribution in [3.63, 3.8) is 0 Å². The van der Waals surface area contributed by atoms with Gasteiger partial charge >= 0.3 is 0 Å². The molecule has 0 N–H and O–H groups in total. The van der Waals surface area contributed by atoms with Crippen LogP contribution in [0.25, 0.3) is 0 Å². The van der Waals surface area contributed by atoms with Gasteiger partial charge in [-0.05, 0) is 36.5 Å². The van der Waals surface area contributed by atoms with Crippen molar-refractivity contribution in [3.8, 4) is 0 Å². The summed E-state index contributed by atoms with van der Waals surface area (Å²) in [5.74, 6) is 1.01. The molecule has 0 radical (unpaired) electrons. The average Bonchev–Trinajstić information content (AvgIpc) is 3.04. The van der Waals surface area contributed by atoms with Gasteiger partial charge in [0.2, 0.25) is 0 Å². The summed E-state index contributed by atoms with van der Waals surface area (Å²) in [4.78, 5) is 11.2. The van der Waals surface area contributed by atoms with E-state index in [1.165, 1.54) is 17.0 Å². The van der Waals surface area contributed by atoms with Gasteiger partial charge in [-0.1, -0.05) is 0 Å². The summed E-state index contributed by atoms with van der Waals surface area (Å²) in [6.07, 6.45) is 7.90. The van der Waals surface area contributed by atoms with E-state index < -0.39 is 0 Å². The Morgan fingerprint density at radius 3 is 2.81 bits per heavy atom. The summed E-state index contributed by atoms with van der Waals surface area (Å²) < 4.78 is 13.8. The minimum atomic E-state index is 0.368. The normalized spacial score (nSPS) is 21.7. The fourth-order valence-corrected chi connectivity index (χ4v) is 4.10. The van der Waals surface area contributed by atoms with Crippen molar-refractivity contribution in [2.75, 3.05) is 33.0 Å². The molecule has 1 fully saturated rings. The number of aromatic nitrogens is 3. The van der Waals surface area contributed by atoms with Crippen LogP contribution in [0, 0.1) is 5.92 Å². The third kappa shape index (κ3) is 4.14. The molecule has 6 heteroatoms. The molecule has 140 valence electrons. The van der Waals surface area contributed by atoms with Gasteiger partial charge in [0.1, 0.15) is 0 Å². The van der Waals surface area contributed by atoms with Crippen molar-refractivity contribution >= 4 is 0 Å². The molecule has 0 amide bonds. The Morgan fingerprint density at radius 2 is 2.00 bits per heavy atom. The van der Waals surface area contributed by atoms with Gasteiger partial charge in [-0.15, -0.1) is 0 Å². The minimum absolute atomic E-state index is 0.368. The van der Waals surface area contributed by atoms with E-state index in [0.717, 1.165) is 58.9 Å². The second-order valence-electron chi connectivity index (χ2n) is 7.50. The summed E-state index contributed by atoms with van der Waals surface area (Å²) in [6, 6.07) is 4.18. The van der Waals surface area contributed by atoms with Crippen LogP contribution in [0.5, 0.6) is 0 Å². The number of rotatable bonds is 6. The van der Waals surface area contributed by atoms with Crippen LogP contribution in [-0.2, 0) is 29.6 Å². The topological polar surface area (TPSA) is 52.4 Å². The molecule has 0 bridgehead atoms. The Kier molecular flexibility index (Phi) is 5.62. The van der Waals surface area contributed by atoms with Crippen LogP contribution < -0.4 is 0 Å². The zero-order valence-corrected chi connectivity index (χ0v) is 15.5. The highest BCUT2D eigenvalue weighted by Crippen LogP contribution is 2.29. The van der Waals surface area contributed by atoms with E-state index in [1.54, 1.807) is 0 Å². The van der Waals surface area contributed by atoms with E-state index in [-0.39, 0.29) is 0 Å². The maximum absolute atomic E-state index is 6.16. The number of nitrogens with zero attached hydrogens (tertiary/aromatic N) is 4. The number of imidazole rings is 1. The monoisotopic (exact) mass is 356 g/mol. The molecule has 0 aliphatic carbocycles. The van der Waals surface area contributed by atoms with E-state index in [4.69, 9.17) is 9.47 Å². The molecular weight excluding hydrogens is 328 g/mol. The lowest BCUT2D eigenvalue weighted by Crippen LogP contribution is -2.36. The molecule has 2 aromatic heterocycles. The standard InChI is InChI=1S/C20H28N4O2/c1-23-15-22-19-12-24(10-16-2-6-21-7-3-16)11-18(20(19)23)14-26-13-17-4-8-25-9-5-17/h2-3,6-7,15,17-18H,4-5,8-14H2,1H3/t18-/m1/s1. The largest absolute Gasteiger partial charge is 0.381 e. The molecule has 2 aliphatic rings. The number of hydrogen-bond donors (Lipinski definition) is 0. The molecule has 0 unspecified atom stereocenters. The van der Waals surface area contributed by atoms with Gasteiger partial charge in [-0.3, -0.25) is 9.88 Å². The van der Waals surface area contributed by atoms with E-state index >= 15 is 0 Å². The van der Waals surface area contributed by atoms with Crippen LogP contribution in [0.2, 0.25) is 0 Å². The van der Waals surface area contributed by atoms with Gasteiger partial charge in [-0.25, -0.2) is 4.98 Å². The summed E-state index contributed by atoms with van der Waals surface area (Å²) in [5.41, 5.74) is 3.82. The van der Waals surface area contributed by atoms with Gasteiger partial charge in [0.25, 0.3) is 0 Å². The highest BCUT2D eigenvalue weighted by Gasteiger charge is 2.29. The number of fused-ring (bicyclic) bond motifs is 1. The zero-order chi connectivity index (χ0) is 17.8. The second-order valence-corrected chi connectivity index (χ2v) is 7.50. The smallest absolute Gasteiger partial charge is 0.0949 e. The quantitative estimate of drug-likeness (QED) is 0.795. The first-order valence-corrected chi connectivity index (χ1v) is 9.56. The molecule has 1 saturated heterocycles. The van der Waals surface area contributed by atoms with Gasteiger partial charge in [-0.2, -0.15) is 0 Å². The Hall–Kier alpha value is -1.76. The van der Waals surface area contributed by atoms with E-state index in [1.807, 2.05) is 18.7 Å². The van der Waals surface area contributed by atoms with Crippen LogP contribution in [-0.4, -0.2) is 52.4 Å². The van der Waals surface area contributed by atoms with Gasteiger partial charge < -0.3 is 14.0 Å². The fraction of sp³-hybridized carbons (Fsp3) is 0.600. The number of aryl methyl sites for hydroxylation is 1. The fourth-order valence-electron chi connectivity index (χ4n) is 4.10. The van der Waals surface area contributed by atoms with Crippen molar-refractivity contribution in [1.29, 1.82) is 0 Å². The SMILES string of the molecule is Cn1cnc2c1[C@@H](COCC1CCOCC1)CN(Cc1ccncc1)C2. The first kappa shape index (κ1) is 17.6. The highest BCUT2D eigenvalue weighted by atomic mass is 16.5. The summed E-state index contributed by atoms with van der Waals surface area (Å²) >= 11 is 0. The van der Waals surface area contributed by atoms with Crippen molar-refractivity contribution in [3.05, 3.63) is 47.8 Å². The molecule has 26 heavy (non-hydrogen) atoms. The van der Waals surface area contributed by atoms with Gasteiger partial charge in [0, 0.05) is 70.5 Å². The lowest BCUT2D eigenvalue weighted by atomic mass is 9.98. The lowest BCUT2D eigenvalue weighted by Gasteiger charge is -2.33. The first-order chi connectivity index (χ1) is 12.8. The van der Waals surface area contributed by atoms with Crippen molar-refractivity contribution in [1.82, 2.24) is 19.4 Å². The maximum Gasteiger partial charge on any atom is 0.0949 e. The first-order valence-electron chi connectivity index (χ1n) is 9.56. The van der Waals surface area contributed by atoms with E-state index in [0.29, 0.717) is 11.8 Å². The number of ether oxygens (including phenoxy) is 2. The summed E-state index contributed by atoms with van der Waals surface area (Å²) in [6.45, 7) is 6.19. The third-order valence-electron chi connectivity index (χ3n) is 5.47. The Balaban J connectivity index is 1.39. The average molecular weight is 356 g/mol. The third-order valence-corrected chi connectivity index (χ3v) is 5.47. The Morgan fingerprint density at radius 1 is 1.19 bits per heavy atom. The van der Waals surface area contributed by atoms with Crippen LogP contribution in [0.15, 0.2) is 30.9 Å². The zero-order valence-electron chi connectivity index (χ0n) is 15.5. The van der Waals surface area contributed by atoms with Crippen LogP contribution in [0.1, 0.15) is 35.7 Å². The minimum Gasteiger partial charge on any atom is -0.381 e. The summed E-state index contributed by atoms with van der Waals surface area (Å²) in [7, 11) is 2.09. The second kappa shape index (κ2) is 8.29. The van der Waals surface area contributed by atoms with Crippen LogP contribution in [0.4, 0.5) is 0 Å². The molecule has 4 heterocycles. The number of hydrogen-bond acceptors (Lipinski definition) is 5. The maximum atomic E-state index is 6.16. The predicted octanol–water partition coefficient (Wildman–Crippen LogP) is 2.36. The van der Waals surface area contributed by atoms with Gasteiger partial charge in [0.05, 0.1) is 18.6 Å². The van der Waals surface area contributed by atoms with Crippen molar-refractivity contribution in [2.45, 2.75) is 31.8 Å². The molecule has 4 rings (SSSR count). The highest BCUT2D eigenvalue weighted by molar-refractivity contribution is 5.22. The molecule has 6 nitrogen and oxygen atoms in total. The molecule has 2 aromatic rings. The van der Waals surface area contributed by atoms with Crippen LogP contribution in [0.3, 0.4) is 0 Å². The van der Waals surface area contributed by atoms with E-state index in [9.17, 15) is 0 Å². The molecular formula is C20H28N4O2. The molecule has 0 aromatic carbocycles. The molecule has 0 spiro atoms. The van der Waals surface area contributed by atoms with Gasteiger partial charge in [0.15, 0.2) is 0 Å². The molecule has 0 saturated carbocycles. The predicted molar refractivity (Wildman–Crippen MR) is 98.7 cm³/mol. The lowest BCUT2D eigenvalue weighted by molar-refractivity contribution is 0.0127. The van der Waals surface area contributed by atoms with Crippen molar-refractivity contribution in [2.24, 2.45) is 13.0 Å². The van der Waals surface area contributed by atoms with Crippen molar-refractivity contribution < 1.29 is 9.47 Å². The Labute approximate surface area is 155 Å². The van der Waals surface area contributed by atoms with E-state index in [2.05, 4.69) is 38.6 Å². The Bertz CT molecular complexity index is 697. The number of pyridine rings is 1. The van der Waals surface area contributed by atoms with Crippen LogP contribution >= 0.6 is 0 Å². The molecule has 1 atom stereocenters.